The van der Waals surface area contributed by atoms with Crippen LogP contribution in [0.2, 0.25) is 10.0 Å². The molecule has 2 heterocycles. The number of nitrogens with zero attached hydrogens (tertiary/aromatic N) is 4. The predicted molar refractivity (Wildman–Crippen MR) is 99.0 cm³/mol. The molecule has 1 aromatic carbocycles. The molecule has 1 N–H and O–H groups in total. The van der Waals surface area contributed by atoms with Crippen molar-refractivity contribution >= 4 is 29.0 Å². The van der Waals surface area contributed by atoms with Gasteiger partial charge in [0.25, 0.3) is 0 Å². The van der Waals surface area contributed by atoms with Crippen LogP contribution in [-0.4, -0.2) is 32.9 Å². The van der Waals surface area contributed by atoms with Crippen molar-refractivity contribution in [1.82, 2.24) is 19.7 Å². The van der Waals surface area contributed by atoms with Gasteiger partial charge in [-0.2, -0.15) is 0 Å². The number of benzene rings is 1. The number of hydrogen-bond acceptors (Lipinski definition) is 5. The molecule has 0 aliphatic heterocycles. The minimum absolute atomic E-state index is 0.430. The standard InChI is InChI=1S/C17H17Cl2N5O/c1-2-14-16(19)17(22-11-21-14)20-8-10-25-15-7-9-24(23-15)13-5-3-12(18)4-6-13/h3-7,9,11H,2,8,10H2,1H3,(H,20,21,22). The Morgan fingerprint density at radius 1 is 1.12 bits per heavy atom. The highest BCUT2D eigenvalue weighted by molar-refractivity contribution is 6.33. The molecule has 8 heteroatoms. The molecule has 0 amide bonds. The Hall–Kier alpha value is -2.31. The highest BCUT2D eigenvalue weighted by Crippen LogP contribution is 2.21. The second-order valence-corrected chi connectivity index (χ2v) is 6.00. The molecule has 0 saturated heterocycles. The minimum atomic E-state index is 0.430. The van der Waals surface area contributed by atoms with E-state index in [2.05, 4.69) is 20.4 Å². The maximum absolute atomic E-state index is 6.23. The van der Waals surface area contributed by atoms with Gasteiger partial charge in [0.05, 0.1) is 17.9 Å². The molecule has 2 aromatic heterocycles. The summed E-state index contributed by atoms with van der Waals surface area (Å²) >= 11 is 12.1. The Morgan fingerprint density at radius 2 is 1.92 bits per heavy atom. The van der Waals surface area contributed by atoms with Gasteiger partial charge in [0.15, 0.2) is 0 Å². The predicted octanol–water partition coefficient (Wildman–Crippen LogP) is 4.02. The van der Waals surface area contributed by atoms with Gasteiger partial charge in [-0.15, -0.1) is 5.10 Å². The molecular formula is C17H17Cl2N5O. The van der Waals surface area contributed by atoms with Gasteiger partial charge in [-0.3, -0.25) is 0 Å². The summed E-state index contributed by atoms with van der Waals surface area (Å²) < 4.78 is 7.37. The fourth-order valence-electron chi connectivity index (χ4n) is 2.22. The number of aromatic nitrogens is 4. The summed E-state index contributed by atoms with van der Waals surface area (Å²) in [6.07, 6.45) is 4.09. The van der Waals surface area contributed by atoms with E-state index in [0.29, 0.717) is 34.9 Å². The smallest absolute Gasteiger partial charge is 0.233 e. The van der Waals surface area contributed by atoms with Gasteiger partial charge in [0.1, 0.15) is 23.8 Å². The Morgan fingerprint density at radius 3 is 2.68 bits per heavy atom. The summed E-state index contributed by atoms with van der Waals surface area (Å²) in [5.41, 5.74) is 1.74. The average Bonchev–Trinajstić information content (AvgIpc) is 3.09. The summed E-state index contributed by atoms with van der Waals surface area (Å²) in [5, 5.41) is 8.76. The third-order valence-corrected chi connectivity index (χ3v) is 4.15. The van der Waals surface area contributed by atoms with E-state index < -0.39 is 0 Å². The third-order valence-electron chi connectivity index (χ3n) is 3.50. The summed E-state index contributed by atoms with van der Waals surface area (Å²) in [7, 11) is 0. The van der Waals surface area contributed by atoms with Crippen molar-refractivity contribution in [2.75, 3.05) is 18.5 Å². The fourth-order valence-corrected chi connectivity index (χ4v) is 2.65. The lowest BCUT2D eigenvalue weighted by Gasteiger charge is -2.09. The molecule has 0 saturated carbocycles. The van der Waals surface area contributed by atoms with Crippen LogP contribution >= 0.6 is 23.2 Å². The molecule has 3 rings (SSSR count). The SMILES string of the molecule is CCc1ncnc(NCCOc2ccn(-c3ccc(Cl)cc3)n2)c1Cl. The Labute approximate surface area is 155 Å². The Balaban J connectivity index is 1.52. The van der Waals surface area contributed by atoms with Gasteiger partial charge < -0.3 is 10.1 Å². The Kier molecular flexibility index (Phi) is 5.73. The topological polar surface area (TPSA) is 64.9 Å². The largest absolute Gasteiger partial charge is 0.475 e. The van der Waals surface area contributed by atoms with Crippen molar-refractivity contribution in [3.05, 3.63) is 58.6 Å². The molecule has 0 aliphatic carbocycles. The molecule has 0 atom stereocenters. The lowest BCUT2D eigenvalue weighted by Crippen LogP contribution is -2.13. The second kappa shape index (κ2) is 8.18. The molecule has 0 spiro atoms. The molecule has 0 radical (unpaired) electrons. The first-order valence-electron chi connectivity index (χ1n) is 7.85. The molecule has 25 heavy (non-hydrogen) atoms. The van der Waals surface area contributed by atoms with Crippen LogP contribution in [0.5, 0.6) is 5.88 Å². The molecule has 130 valence electrons. The van der Waals surface area contributed by atoms with Gasteiger partial charge in [-0.1, -0.05) is 30.1 Å². The minimum Gasteiger partial charge on any atom is -0.475 e. The Bertz CT molecular complexity index is 835. The summed E-state index contributed by atoms with van der Waals surface area (Å²) in [4.78, 5) is 8.28. The number of ether oxygens (including phenoxy) is 1. The van der Waals surface area contributed by atoms with E-state index in [1.165, 1.54) is 6.33 Å². The maximum atomic E-state index is 6.23. The van der Waals surface area contributed by atoms with Gasteiger partial charge >= 0.3 is 0 Å². The van der Waals surface area contributed by atoms with Crippen LogP contribution < -0.4 is 10.1 Å². The van der Waals surface area contributed by atoms with E-state index in [9.17, 15) is 0 Å². The quantitative estimate of drug-likeness (QED) is 0.629. The number of aryl methyl sites for hydroxylation is 1. The zero-order valence-corrected chi connectivity index (χ0v) is 15.1. The highest BCUT2D eigenvalue weighted by Gasteiger charge is 2.07. The van der Waals surface area contributed by atoms with Crippen molar-refractivity contribution in [2.24, 2.45) is 0 Å². The van der Waals surface area contributed by atoms with Crippen LogP contribution in [0, 0.1) is 0 Å². The van der Waals surface area contributed by atoms with Gasteiger partial charge in [-0.05, 0) is 30.7 Å². The molecule has 0 bridgehead atoms. The maximum Gasteiger partial charge on any atom is 0.233 e. The number of hydrogen-bond donors (Lipinski definition) is 1. The first kappa shape index (κ1) is 17.5. The zero-order chi connectivity index (χ0) is 17.6. The van der Waals surface area contributed by atoms with Gasteiger partial charge in [0, 0.05) is 17.3 Å². The van der Waals surface area contributed by atoms with Gasteiger partial charge in [-0.25, -0.2) is 14.6 Å². The molecular weight excluding hydrogens is 361 g/mol. The number of halogens is 2. The number of nitrogens with one attached hydrogen (secondary N) is 1. The number of anilines is 1. The van der Waals surface area contributed by atoms with Crippen molar-refractivity contribution < 1.29 is 4.74 Å². The lowest BCUT2D eigenvalue weighted by atomic mass is 10.3. The van der Waals surface area contributed by atoms with E-state index in [1.54, 1.807) is 4.68 Å². The van der Waals surface area contributed by atoms with E-state index in [0.717, 1.165) is 17.8 Å². The lowest BCUT2D eigenvalue weighted by molar-refractivity contribution is 0.317. The zero-order valence-electron chi connectivity index (χ0n) is 13.6. The van der Waals surface area contributed by atoms with E-state index in [1.807, 2.05) is 43.5 Å². The second-order valence-electron chi connectivity index (χ2n) is 5.19. The summed E-state index contributed by atoms with van der Waals surface area (Å²) in [5.74, 6) is 1.16. The van der Waals surface area contributed by atoms with Gasteiger partial charge in [0.2, 0.25) is 5.88 Å². The summed E-state index contributed by atoms with van der Waals surface area (Å²) in [6.45, 7) is 2.98. The van der Waals surface area contributed by atoms with Crippen LogP contribution in [0.1, 0.15) is 12.6 Å². The molecule has 3 aromatic rings. The van der Waals surface area contributed by atoms with Crippen LogP contribution in [-0.2, 0) is 6.42 Å². The average molecular weight is 378 g/mol. The van der Waals surface area contributed by atoms with E-state index in [4.69, 9.17) is 27.9 Å². The first-order chi connectivity index (χ1) is 12.2. The van der Waals surface area contributed by atoms with Crippen LogP contribution in [0.15, 0.2) is 42.9 Å². The number of rotatable bonds is 7. The van der Waals surface area contributed by atoms with E-state index in [-0.39, 0.29) is 0 Å². The van der Waals surface area contributed by atoms with Crippen molar-refractivity contribution in [2.45, 2.75) is 13.3 Å². The van der Waals surface area contributed by atoms with Crippen molar-refractivity contribution in [3.8, 4) is 11.6 Å². The summed E-state index contributed by atoms with van der Waals surface area (Å²) in [6, 6.07) is 9.23. The molecule has 6 nitrogen and oxygen atoms in total. The third kappa shape index (κ3) is 4.41. The monoisotopic (exact) mass is 377 g/mol. The molecule has 0 unspecified atom stereocenters. The first-order valence-corrected chi connectivity index (χ1v) is 8.60. The van der Waals surface area contributed by atoms with E-state index >= 15 is 0 Å². The van der Waals surface area contributed by atoms with Crippen LogP contribution in [0.4, 0.5) is 5.82 Å². The van der Waals surface area contributed by atoms with Crippen LogP contribution in [0.25, 0.3) is 5.69 Å². The van der Waals surface area contributed by atoms with Crippen LogP contribution in [0.3, 0.4) is 0 Å². The normalized spacial score (nSPS) is 10.7. The highest BCUT2D eigenvalue weighted by atomic mass is 35.5. The van der Waals surface area contributed by atoms with Crippen molar-refractivity contribution in [1.29, 1.82) is 0 Å². The molecule has 0 fully saturated rings. The van der Waals surface area contributed by atoms with Crippen molar-refractivity contribution in [3.63, 3.8) is 0 Å². The molecule has 0 aliphatic rings. The fraction of sp³-hybridized carbons (Fsp3) is 0.235.